The molecule has 35 heavy (non-hydrogen) atoms. The third-order valence-electron chi connectivity index (χ3n) is 7.78. The molecule has 3 atom stereocenters. The Hall–Kier alpha value is -2.38. The molecule has 2 amide bonds. The highest BCUT2D eigenvalue weighted by Gasteiger charge is 2.39. The van der Waals surface area contributed by atoms with Gasteiger partial charge in [-0.05, 0) is 89.5 Å². The summed E-state index contributed by atoms with van der Waals surface area (Å²) in [7, 11) is 0. The lowest BCUT2D eigenvalue weighted by Crippen LogP contribution is -2.49. The Morgan fingerprint density at radius 2 is 1.83 bits per heavy atom. The van der Waals surface area contributed by atoms with E-state index in [0.29, 0.717) is 37.1 Å². The van der Waals surface area contributed by atoms with Crippen LogP contribution in [0, 0.1) is 0 Å². The van der Waals surface area contributed by atoms with E-state index in [1.807, 2.05) is 18.2 Å². The third kappa shape index (κ3) is 5.26. The molecular formula is C28H39N3O4. The maximum atomic E-state index is 13.0. The smallest absolute Gasteiger partial charge is 0.255 e. The Morgan fingerprint density at radius 1 is 1.06 bits per heavy atom. The van der Waals surface area contributed by atoms with Gasteiger partial charge in [0.1, 0.15) is 17.9 Å². The van der Waals surface area contributed by atoms with Gasteiger partial charge in [-0.25, -0.2) is 0 Å². The number of amides is 2. The van der Waals surface area contributed by atoms with Gasteiger partial charge >= 0.3 is 0 Å². The van der Waals surface area contributed by atoms with Crippen LogP contribution in [0.4, 0.5) is 0 Å². The molecule has 1 aromatic rings. The summed E-state index contributed by atoms with van der Waals surface area (Å²) < 4.78 is 12.7. The number of hydrogen-bond acceptors (Lipinski definition) is 5. The summed E-state index contributed by atoms with van der Waals surface area (Å²) in [4.78, 5) is 29.8. The lowest BCUT2D eigenvalue weighted by molar-refractivity contribution is -0.126. The van der Waals surface area contributed by atoms with Gasteiger partial charge in [-0.1, -0.05) is 6.58 Å². The van der Waals surface area contributed by atoms with Crippen LogP contribution in [-0.4, -0.2) is 64.6 Å². The molecule has 190 valence electrons. The van der Waals surface area contributed by atoms with E-state index in [1.165, 1.54) is 6.42 Å². The summed E-state index contributed by atoms with van der Waals surface area (Å²) in [6.07, 6.45) is 7.35. The van der Waals surface area contributed by atoms with Gasteiger partial charge in [-0.15, -0.1) is 0 Å². The van der Waals surface area contributed by atoms with E-state index in [-0.39, 0.29) is 23.5 Å². The van der Waals surface area contributed by atoms with Crippen LogP contribution >= 0.6 is 0 Å². The molecule has 1 aromatic carbocycles. The van der Waals surface area contributed by atoms with Crippen molar-refractivity contribution in [3.63, 3.8) is 0 Å². The molecule has 1 unspecified atom stereocenters. The summed E-state index contributed by atoms with van der Waals surface area (Å²) in [5.41, 5.74) is 2.26. The number of likely N-dealkylation sites (tertiary alicyclic amines) is 1. The predicted molar refractivity (Wildman–Crippen MR) is 134 cm³/mol. The van der Waals surface area contributed by atoms with Crippen LogP contribution in [0.1, 0.15) is 81.6 Å². The maximum absolute atomic E-state index is 13.0. The first-order chi connectivity index (χ1) is 16.7. The first-order valence-electron chi connectivity index (χ1n) is 13.2. The minimum atomic E-state index is -0.436. The molecule has 3 heterocycles. The number of nitrogens with zero attached hydrogens (tertiary/aromatic N) is 2. The van der Waals surface area contributed by atoms with Crippen LogP contribution in [0.5, 0.6) is 5.75 Å². The fourth-order valence-electron chi connectivity index (χ4n) is 6.17. The van der Waals surface area contributed by atoms with E-state index < -0.39 is 6.04 Å². The van der Waals surface area contributed by atoms with Crippen molar-refractivity contribution in [3.8, 4) is 5.75 Å². The number of piperidine rings is 2. The minimum absolute atomic E-state index is 0.0710. The fourth-order valence-corrected chi connectivity index (χ4v) is 6.17. The zero-order chi connectivity index (χ0) is 24.7. The van der Waals surface area contributed by atoms with Gasteiger partial charge in [0.2, 0.25) is 5.91 Å². The number of ether oxygens (including phenoxy) is 2. The SMILES string of the molecule is C=C1CCC(N2Cc3cc(O[C@@H]4CCC[C@@H]4N4CCC(OC(C)(C)C)CC4)ccc3C2=O)C(=O)N1. The predicted octanol–water partition coefficient (Wildman–Crippen LogP) is 4.01. The molecule has 1 saturated carbocycles. The Labute approximate surface area is 208 Å². The summed E-state index contributed by atoms with van der Waals surface area (Å²) >= 11 is 0. The largest absolute Gasteiger partial charge is 0.489 e. The standard InChI is InChI=1S/C28H39N3O4/c1-18-8-11-24(26(32)29-18)31-17-19-16-21(9-10-22(19)27(31)33)34-25-7-5-6-23(25)30-14-12-20(13-15-30)35-28(2,3)4/h9-10,16,20,23-25H,1,5-8,11-15,17H2,2-4H3,(H,29,32)/t23-,24?,25+/m0/s1. The van der Waals surface area contributed by atoms with Crippen LogP contribution in [0.15, 0.2) is 30.5 Å². The van der Waals surface area contributed by atoms with Crippen LogP contribution in [0.2, 0.25) is 0 Å². The summed E-state index contributed by atoms with van der Waals surface area (Å²) in [5, 5.41) is 2.80. The zero-order valence-corrected chi connectivity index (χ0v) is 21.3. The van der Waals surface area contributed by atoms with Crippen molar-refractivity contribution in [1.29, 1.82) is 0 Å². The molecule has 0 spiro atoms. The van der Waals surface area contributed by atoms with Crippen molar-refractivity contribution < 1.29 is 19.1 Å². The van der Waals surface area contributed by atoms with Gasteiger partial charge in [0, 0.05) is 36.9 Å². The molecular weight excluding hydrogens is 442 g/mol. The molecule has 2 saturated heterocycles. The average Bonchev–Trinajstić information content (AvgIpc) is 3.38. The second-order valence-electron chi connectivity index (χ2n) is 11.5. The summed E-state index contributed by atoms with van der Waals surface area (Å²) in [6.45, 7) is 12.8. The van der Waals surface area contributed by atoms with Crippen molar-refractivity contribution in [2.75, 3.05) is 13.1 Å². The lowest BCUT2D eigenvalue weighted by Gasteiger charge is -2.40. The molecule has 3 fully saturated rings. The lowest BCUT2D eigenvalue weighted by atomic mass is 10.0. The van der Waals surface area contributed by atoms with E-state index >= 15 is 0 Å². The van der Waals surface area contributed by atoms with Crippen molar-refractivity contribution in [3.05, 3.63) is 41.6 Å². The summed E-state index contributed by atoms with van der Waals surface area (Å²) in [5.74, 6) is 0.616. The number of hydrogen-bond donors (Lipinski definition) is 1. The number of carbonyl (C=O) groups excluding carboxylic acids is 2. The molecule has 0 bridgehead atoms. The molecule has 0 radical (unpaired) electrons. The normalized spacial score (nSPS) is 28.4. The van der Waals surface area contributed by atoms with Gasteiger partial charge in [-0.2, -0.15) is 0 Å². The highest BCUT2D eigenvalue weighted by molar-refractivity contribution is 6.01. The van der Waals surface area contributed by atoms with Crippen molar-refractivity contribution in [2.45, 2.75) is 102 Å². The molecule has 7 heteroatoms. The van der Waals surface area contributed by atoms with E-state index in [1.54, 1.807) is 4.90 Å². The first-order valence-corrected chi connectivity index (χ1v) is 13.2. The number of allylic oxidation sites excluding steroid dienone is 1. The maximum Gasteiger partial charge on any atom is 0.255 e. The minimum Gasteiger partial charge on any atom is -0.489 e. The van der Waals surface area contributed by atoms with Gasteiger partial charge in [-0.3, -0.25) is 14.5 Å². The average molecular weight is 482 g/mol. The Balaban J connectivity index is 1.21. The second kappa shape index (κ2) is 9.58. The molecule has 3 aliphatic heterocycles. The molecule has 4 aliphatic rings. The van der Waals surface area contributed by atoms with Gasteiger partial charge in [0.15, 0.2) is 0 Å². The first kappa shape index (κ1) is 24.3. The van der Waals surface area contributed by atoms with Crippen molar-refractivity contribution >= 4 is 11.8 Å². The number of carbonyl (C=O) groups is 2. The van der Waals surface area contributed by atoms with Crippen LogP contribution < -0.4 is 10.1 Å². The fraction of sp³-hybridized carbons (Fsp3) is 0.643. The third-order valence-corrected chi connectivity index (χ3v) is 7.78. The highest BCUT2D eigenvalue weighted by Crippen LogP contribution is 2.34. The molecule has 5 rings (SSSR count). The van der Waals surface area contributed by atoms with Crippen LogP contribution in [-0.2, 0) is 16.1 Å². The van der Waals surface area contributed by atoms with Gasteiger partial charge in [0.25, 0.3) is 5.91 Å². The molecule has 1 N–H and O–H groups in total. The summed E-state index contributed by atoms with van der Waals surface area (Å²) in [6, 6.07) is 5.78. The Kier molecular flexibility index (Phi) is 6.66. The van der Waals surface area contributed by atoms with Crippen molar-refractivity contribution in [2.24, 2.45) is 0 Å². The topological polar surface area (TPSA) is 71.1 Å². The quantitative estimate of drug-likeness (QED) is 0.688. The van der Waals surface area contributed by atoms with E-state index in [0.717, 1.165) is 55.8 Å². The Bertz CT molecular complexity index is 992. The van der Waals surface area contributed by atoms with E-state index in [2.05, 4.69) is 37.6 Å². The van der Waals surface area contributed by atoms with Gasteiger partial charge in [0.05, 0.1) is 11.7 Å². The molecule has 0 aromatic heterocycles. The number of nitrogens with one attached hydrogen (secondary N) is 1. The van der Waals surface area contributed by atoms with Crippen LogP contribution in [0.3, 0.4) is 0 Å². The zero-order valence-electron chi connectivity index (χ0n) is 21.3. The van der Waals surface area contributed by atoms with Crippen LogP contribution in [0.25, 0.3) is 0 Å². The van der Waals surface area contributed by atoms with E-state index in [4.69, 9.17) is 9.47 Å². The van der Waals surface area contributed by atoms with Crippen molar-refractivity contribution in [1.82, 2.24) is 15.1 Å². The monoisotopic (exact) mass is 481 g/mol. The molecule has 7 nitrogen and oxygen atoms in total. The number of rotatable bonds is 5. The van der Waals surface area contributed by atoms with Gasteiger partial charge < -0.3 is 19.7 Å². The molecule has 1 aliphatic carbocycles. The highest BCUT2D eigenvalue weighted by atomic mass is 16.5. The number of fused-ring (bicyclic) bond motifs is 1. The Morgan fingerprint density at radius 3 is 2.54 bits per heavy atom. The second-order valence-corrected chi connectivity index (χ2v) is 11.5. The van der Waals surface area contributed by atoms with E-state index in [9.17, 15) is 9.59 Å². The number of benzene rings is 1.